The van der Waals surface area contributed by atoms with Crippen LogP contribution in [0, 0.1) is 0 Å². The van der Waals surface area contributed by atoms with Crippen molar-refractivity contribution in [1.29, 1.82) is 0 Å². The minimum atomic E-state index is -0.331. The number of amides is 1. The molecule has 1 N–H and O–H groups in total. The van der Waals surface area contributed by atoms with Crippen molar-refractivity contribution in [1.82, 2.24) is 5.48 Å². The molecule has 2 rings (SSSR count). The van der Waals surface area contributed by atoms with Crippen molar-refractivity contribution in [2.45, 2.75) is 38.4 Å². The first-order chi connectivity index (χ1) is 9.66. The van der Waals surface area contributed by atoms with E-state index in [1.54, 1.807) is 6.07 Å². The molecule has 0 saturated carbocycles. The average Bonchev–Trinajstić information content (AvgIpc) is 2.48. The number of aryl methyl sites for hydroxylation is 1. The van der Waals surface area contributed by atoms with Crippen molar-refractivity contribution in [2.75, 3.05) is 6.61 Å². The van der Waals surface area contributed by atoms with Gasteiger partial charge in [0.1, 0.15) is 0 Å². The Balaban J connectivity index is 1.73. The number of hydrogen-bond donors (Lipinski definition) is 1. The van der Waals surface area contributed by atoms with Gasteiger partial charge in [-0.15, -0.1) is 0 Å². The van der Waals surface area contributed by atoms with E-state index in [2.05, 4.69) is 5.48 Å². The minimum absolute atomic E-state index is 0.199. The molecule has 110 valence electrons. The van der Waals surface area contributed by atoms with E-state index in [4.69, 9.17) is 32.8 Å². The fraction of sp³-hybridized carbons (Fsp3) is 0.500. The van der Waals surface area contributed by atoms with E-state index >= 15 is 0 Å². The molecule has 1 amide bonds. The van der Waals surface area contributed by atoms with E-state index in [0.717, 1.165) is 24.8 Å². The molecule has 20 heavy (non-hydrogen) atoms. The lowest BCUT2D eigenvalue weighted by molar-refractivity contribution is -0.200. The molecule has 1 atom stereocenters. The van der Waals surface area contributed by atoms with E-state index in [1.807, 2.05) is 12.1 Å². The molecule has 0 aliphatic carbocycles. The van der Waals surface area contributed by atoms with Gasteiger partial charge in [0.15, 0.2) is 6.29 Å². The van der Waals surface area contributed by atoms with Crippen molar-refractivity contribution < 1.29 is 14.4 Å². The minimum Gasteiger partial charge on any atom is -0.350 e. The van der Waals surface area contributed by atoms with Gasteiger partial charge in [-0.2, -0.15) is 0 Å². The molecule has 1 heterocycles. The molecule has 1 fully saturated rings. The summed E-state index contributed by atoms with van der Waals surface area (Å²) in [6.45, 7) is 0.679. The second-order valence-electron chi connectivity index (χ2n) is 4.65. The maximum absolute atomic E-state index is 11.7. The van der Waals surface area contributed by atoms with Crippen LogP contribution in [-0.4, -0.2) is 18.8 Å². The van der Waals surface area contributed by atoms with Crippen LogP contribution in [0.15, 0.2) is 18.2 Å². The topological polar surface area (TPSA) is 47.6 Å². The van der Waals surface area contributed by atoms with E-state index in [9.17, 15) is 4.79 Å². The third-order valence-electron chi connectivity index (χ3n) is 3.10. The molecular weight excluding hydrogens is 301 g/mol. The number of nitrogens with one attached hydrogen (secondary N) is 1. The Kier molecular flexibility index (Phi) is 6.10. The van der Waals surface area contributed by atoms with Crippen LogP contribution < -0.4 is 5.48 Å². The summed E-state index contributed by atoms with van der Waals surface area (Å²) in [4.78, 5) is 16.9. The molecule has 1 saturated heterocycles. The van der Waals surface area contributed by atoms with Gasteiger partial charge in [0, 0.05) is 19.4 Å². The Morgan fingerprint density at radius 3 is 3.00 bits per heavy atom. The first kappa shape index (κ1) is 15.6. The van der Waals surface area contributed by atoms with Gasteiger partial charge in [-0.1, -0.05) is 35.3 Å². The quantitative estimate of drug-likeness (QED) is 0.845. The number of ether oxygens (including phenoxy) is 1. The van der Waals surface area contributed by atoms with Crippen LogP contribution in [0.4, 0.5) is 0 Å². The monoisotopic (exact) mass is 317 g/mol. The van der Waals surface area contributed by atoms with Crippen LogP contribution in [0.5, 0.6) is 0 Å². The Labute approximate surface area is 128 Å². The van der Waals surface area contributed by atoms with E-state index in [0.29, 0.717) is 23.1 Å². The molecule has 4 nitrogen and oxygen atoms in total. The molecule has 0 spiro atoms. The van der Waals surface area contributed by atoms with Crippen molar-refractivity contribution >= 4 is 29.1 Å². The third-order valence-corrected chi connectivity index (χ3v) is 3.95. The predicted molar refractivity (Wildman–Crippen MR) is 77.6 cm³/mol. The normalized spacial score (nSPS) is 18.8. The number of hydroxylamine groups is 1. The van der Waals surface area contributed by atoms with Gasteiger partial charge in [-0.05, 0) is 30.9 Å². The zero-order valence-electron chi connectivity index (χ0n) is 11.0. The highest BCUT2D eigenvalue weighted by Gasteiger charge is 2.15. The Hall–Kier alpha value is -0.810. The Bertz CT molecular complexity index is 462. The number of carbonyl (C=O) groups excluding carboxylic acids is 1. The number of carbonyl (C=O) groups is 1. The van der Waals surface area contributed by atoms with Gasteiger partial charge in [-0.25, -0.2) is 10.3 Å². The predicted octanol–water partition coefficient (Wildman–Crippen LogP) is 3.50. The van der Waals surface area contributed by atoms with Gasteiger partial charge in [-0.3, -0.25) is 4.79 Å². The van der Waals surface area contributed by atoms with E-state index < -0.39 is 0 Å². The summed E-state index contributed by atoms with van der Waals surface area (Å²) in [7, 11) is 0. The second-order valence-corrected chi connectivity index (χ2v) is 5.44. The highest BCUT2D eigenvalue weighted by atomic mass is 35.5. The van der Waals surface area contributed by atoms with Crippen molar-refractivity contribution in [3.8, 4) is 0 Å². The molecule has 0 bridgehead atoms. The molecule has 1 aliphatic heterocycles. The van der Waals surface area contributed by atoms with Crippen LogP contribution in [0.3, 0.4) is 0 Å². The summed E-state index contributed by atoms with van der Waals surface area (Å²) in [6, 6.07) is 5.39. The molecular formula is C14H17Cl2NO3. The van der Waals surface area contributed by atoms with Crippen molar-refractivity contribution in [3.63, 3.8) is 0 Å². The SMILES string of the molecule is O=C(CCc1cccc(Cl)c1Cl)NOC1CCCCO1. The highest BCUT2D eigenvalue weighted by Crippen LogP contribution is 2.26. The molecule has 0 radical (unpaired) electrons. The second kappa shape index (κ2) is 7.84. The lowest BCUT2D eigenvalue weighted by Crippen LogP contribution is -2.33. The largest absolute Gasteiger partial charge is 0.350 e. The smallest absolute Gasteiger partial charge is 0.243 e. The van der Waals surface area contributed by atoms with Crippen molar-refractivity contribution in [2.24, 2.45) is 0 Å². The van der Waals surface area contributed by atoms with Gasteiger partial charge in [0.25, 0.3) is 0 Å². The Morgan fingerprint density at radius 1 is 1.40 bits per heavy atom. The summed E-state index contributed by atoms with van der Waals surface area (Å²) in [5.74, 6) is -0.199. The molecule has 1 unspecified atom stereocenters. The van der Waals surface area contributed by atoms with E-state index in [1.165, 1.54) is 0 Å². The average molecular weight is 318 g/mol. The lowest BCUT2D eigenvalue weighted by atomic mass is 10.1. The zero-order chi connectivity index (χ0) is 14.4. The highest BCUT2D eigenvalue weighted by molar-refractivity contribution is 6.42. The summed E-state index contributed by atoms with van der Waals surface area (Å²) < 4.78 is 5.35. The summed E-state index contributed by atoms with van der Waals surface area (Å²) in [6.07, 6.45) is 3.37. The molecule has 1 aromatic carbocycles. The third kappa shape index (κ3) is 4.63. The first-order valence-corrected chi connectivity index (χ1v) is 7.41. The van der Waals surface area contributed by atoms with Crippen LogP contribution in [0.1, 0.15) is 31.2 Å². The summed E-state index contributed by atoms with van der Waals surface area (Å²) >= 11 is 12.0. The van der Waals surface area contributed by atoms with Gasteiger partial charge in [0.2, 0.25) is 5.91 Å². The lowest BCUT2D eigenvalue weighted by Gasteiger charge is -2.22. The van der Waals surface area contributed by atoms with Gasteiger partial charge in [0.05, 0.1) is 10.0 Å². The molecule has 0 aromatic heterocycles. The number of rotatable bonds is 5. The maximum atomic E-state index is 11.7. The summed E-state index contributed by atoms with van der Waals surface area (Å²) in [5.41, 5.74) is 3.27. The number of hydrogen-bond acceptors (Lipinski definition) is 3. The van der Waals surface area contributed by atoms with Gasteiger partial charge < -0.3 is 4.74 Å². The first-order valence-electron chi connectivity index (χ1n) is 6.66. The van der Waals surface area contributed by atoms with Crippen LogP contribution in [-0.2, 0) is 20.8 Å². The van der Waals surface area contributed by atoms with Crippen LogP contribution in [0.2, 0.25) is 10.0 Å². The fourth-order valence-corrected chi connectivity index (χ4v) is 2.39. The van der Waals surface area contributed by atoms with Crippen LogP contribution >= 0.6 is 23.2 Å². The molecule has 1 aromatic rings. The Morgan fingerprint density at radius 2 is 2.25 bits per heavy atom. The van der Waals surface area contributed by atoms with Gasteiger partial charge >= 0.3 is 0 Å². The van der Waals surface area contributed by atoms with E-state index in [-0.39, 0.29) is 18.6 Å². The van der Waals surface area contributed by atoms with Crippen LogP contribution in [0.25, 0.3) is 0 Å². The fourth-order valence-electron chi connectivity index (χ4n) is 1.98. The summed E-state index contributed by atoms with van der Waals surface area (Å²) in [5, 5.41) is 0.995. The number of benzene rings is 1. The number of halogens is 2. The molecule has 1 aliphatic rings. The maximum Gasteiger partial charge on any atom is 0.243 e. The molecule has 6 heteroatoms. The zero-order valence-corrected chi connectivity index (χ0v) is 12.5. The van der Waals surface area contributed by atoms with Crippen molar-refractivity contribution in [3.05, 3.63) is 33.8 Å². The standard InChI is InChI=1S/C14H17Cl2NO3/c15-11-5-3-4-10(14(11)16)7-8-12(18)17-20-13-6-1-2-9-19-13/h3-5,13H,1-2,6-9H2,(H,17,18).